The Balaban J connectivity index is 0.000000648. The summed E-state index contributed by atoms with van der Waals surface area (Å²) in [7, 11) is 3.97. The summed E-state index contributed by atoms with van der Waals surface area (Å²) < 4.78 is 0. The van der Waals surface area contributed by atoms with E-state index in [0.29, 0.717) is 5.96 Å². The van der Waals surface area contributed by atoms with E-state index >= 15 is 0 Å². The van der Waals surface area contributed by atoms with E-state index < -0.39 is 5.97 Å². The third-order valence-corrected chi connectivity index (χ3v) is 3.33. The van der Waals surface area contributed by atoms with Crippen molar-refractivity contribution in [3.63, 3.8) is 0 Å². The largest absolute Gasteiger partial charge is 0.550 e. The number of carbonyl (C=O) groups excluding carboxylic acids is 1. The number of carboxylic acids is 1. The number of rotatable bonds is 4. The van der Waals surface area contributed by atoms with Gasteiger partial charge in [-0.25, -0.2) is 0 Å². The number of hydrogen-bond donors (Lipinski definition) is 1. The van der Waals surface area contributed by atoms with Crippen LogP contribution in [0.15, 0.2) is 39.6 Å². The Morgan fingerprint density at radius 2 is 1.83 bits per heavy atom. The first-order valence-corrected chi connectivity index (χ1v) is 7.93. The fraction of sp³-hybridized carbons (Fsp3) is 0.500. The first-order chi connectivity index (χ1) is 11.4. The lowest BCUT2D eigenvalue weighted by atomic mass is 10.2. The molecule has 0 aromatic heterocycles. The molecule has 2 rings (SSSR count). The SMILES string of the molecule is CC(=O)[O-].CCN(CC)c1ccc(N=NC2=N[NH+](C)CN2C)cc1. The second kappa shape index (κ2) is 9.61. The van der Waals surface area contributed by atoms with Crippen LogP contribution in [0.3, 0.4) is 0 Å². The first-order valence-electron chi connectivity index (χ1n) is 7.93. The minimum Gasteiger partial charge on any atom is -0.550 e. The zero-order valence-corrected chi connectivity index (χ0v) is 15.0. The van der Waals surface area contributed by atoms with Gasteiger partial charge in [0.1, 0.15) is 0 Å². The Bertz CT molecular complexity index is 577. The molecule has 0 saturated carbocycles. The van der Waals surface area contributed by atoms with Crippen molar-refractivity contribution in [1.29, 1.82) is 0 Å². The maximum absolute atomic E-state index is 8.89. The summed E-state index contributed by atoms with van der Waals surface area (Å²) in [6.07, 6.45) is 0. The Morgan fingerprint density at radius 1 is 1.29 bits per heavy atom. The van der Waals surface area contributed by atoms with Crippen LogP contribution in [0, 0.1) is 0 Å². The first kappa shape index (κ1) is 19.6. The molecule has 0 saturated heterocycles. The summed E-state index contributed by atoms with van der Waals surface area (Å²) in [6, 6.07) is 8.14. The summed E-state index contributed by atoms with van der Waals surface area (Å²) in [5, 5.41) is 22.8. The molecule has 8 heteroatoms. The molecule has 132 valence electrons. The van der Waals surface area contributed by atoms with Crippen molar-refractivity contribution in [3.8, 4) is 0 Å². The molecule has 1 aromatic carbocycles. The van der Waals surface area contributed by atoms with Gasteiger partial charge in [0, 0.05) is 31.8 Å². The van der Waals surface area contributed by atoms with E-state index in [4.69, 9.17) is 9.90 Å². The van der Waals surface area contributed by atoms with E-state index in [1.54, 1.807) is 0 Å². The lowest BCUT2D eigenvalue weighted by molar-refractivity contribution is -0.887. The molecule has 1 atom stereocenters. The molecule has 8 nitrogen and oxygen atoms in total. The third kappa shape index (κ3) is 6.33. The summed E-state index contributed by atoms with van der Waals surface area (Å²) in [5.74, 6) is -0.407. The fourth-order valence-electron chi connectivity index (χ4n) is 2.23. The van der Waals surface area contributed by atoms with Crippen molar-refractivity contribution in [1.82, 2.24) is 4.90 Å². The summed E-state index contributed by atoms with van der Waals surface area (Å²) in [5.41, 5.74) is 2.06. The zero-order valence-electron chi connectivity index (χ0n) is 15.0. The van der Waals surface area contributed by atoms with Crippen LogP contribution < -0.4 is 15.0 Å². The van der Waals surface area contributed by atoms with Crippen LogP contribution in [-0.4, -0.2) is 50.7 Å². The Hall–Kier alpha value is -2.48. The van der Waals surface area contributed by atoms with Crippen molar-refractivity contribution in [2.45, 2.75) is 20.8 Å². The van der Waals surface area contributed by atoms with Crippen LogP contribution >= 0.6 is 0 Å². The smallest absolute Gasteiger partial charge is 0.301 e. The number of benzene rings is 1. The molecule has 1 aliphatic rings. The number of guanidine groups is 1. The van der Waals surface area contributed by atoms with Gasteiger partial charge < -0.3 is 14.8 Å². The Morgan fingerprint density at radius 3 is 2.25 bits per heavy atom. The van der Waals surface area contributed by atoms with Crippen LogP contribution in [0.2, 0.25) is 0 Å². The minimum atomic E-state index is -1.08. The molecule has 0 spiro atoms. The molecule has 1 aromatic rings. The Labute approximate surface area is 143 Å². The molecule has 0 amide bonds. The number of nitrogens with one attached hydrogen (secondary N) is 1. The average molecular weight is 334 g/mol. The van der Waals surface area contributed by atoms with Crippen molar-refractivity contribution >= 4 is 23.3 Å². The summed E-state index contributed by atoms with van der Waals surface area (Å²) >= 11 is 0. The van der Waals surface area contributed by atoms with Gasteiger partial charge in [-0.1, -0.05) is 0 Å². The number of aliphatic carboxylic acids is 1. The highest BCUT2D eigenvalue weighted by Crippen LogP contribution is 2.20. The van der Waals surface area contributed by atoms with Crippen molar-refractivity contribution in [3.05, 3.63) is 24.3 Å². The minimum absolute atomic E-state index is 0.676. The van der Waals surface area contributed by atoms with Gasteiger partial charge >= 0.3 is 5.96 Å². The van der Waals surface area contributed by atoms with Gasteiger partial charge in [-0.05, 0) is 50.1 Å². The van der Waals surface area contributed by atoms with Gasteiger partial charge in [0.05, 0.1) is 12.7 Å². The van der Waals surface area contributed by atoms with E-state index in [0.717, 1.165) is 37.4 Å². The molecule has 1 unspecified atom stereocenters. The highest BCUT2D eigenvalue weighted by molar-refractivity contribution is 5.80. The molecular formula is C16H26N6O2. The van der Waals surface area contributed by atoms with Crippen LogP contribution in [-0.2, 0) is 4.79 Å². The zero-order chi connectivity index (χ0) is 18.1. The number of azo groups is 1. The third-order valence-electron chi connectivity index (χ3n) is 3.33. The van der Waals surface area contributed by atoms with Gasteiger partial charge in [-0.15, -0.1) is 10.2 Å². The van der Waals surface area contributed by atoms with E-state index in [-0.39, 0.29) is 0 Å². The lowest BCUT2D eigenvalue weighted by Gasteiger charge is -2.20. The number of quaternary nitrogens is 1. The maximum atomic E-state index is 8.89. The molecule has 1 aliphatic heterocycles. The number of hydrogen-bond acceptors (Lipinski definition) is 7. The molecule has 0 radical (unpaired) electrons. The van der Waals surface area contributed by atoms with Crippen LogP contribution in [0.1, 0.15) is 20.8 Å². The number of carboxylic acid groups (broad SMARTS) is 1. The highest BCUT2D eigenvalue weighted by Gasteiger charge is 2.20. The average Bonchev–Trinajstić information content (AvgIpc) is 2.85. The van der Waals surface area contributed by atoms with E-state index in [1.807, 2.05) is 31.1 Å². The van der Waals surface area contributed by atoms with Crippen molar-refractivity contribution < 1.29 is 14.9 Å². The molecular weight excluding hydrogens is 308 g/mol. The van der Waals surface area contributed by atoms with Crippen LogP contribution in [0.25, 0.3) is 0 Å². The second-order valence-corrected chi connectivity index (χ2v) is 5.38. The topological polar surface area (TPSA) is 88.1 Å². The molecule has 0 bridgehead atoms. The predicted octanol–water partition coefficient (Wildman–Crippen LogP) is 0.0613. The van der Waals surface area contributed by atoms with Gasteiger partial charge in [-0.3, -0.25) is 4.90 Å². The van der Waals surface area contributed by atoms with Crippen LogP contribution in [0.4, 0.5) is 11.4 Å². The van der Waals surface area contributed by atoms with Crippen molar-refractivity contribution in [2.75, 3.05) is 38.8 Å². The van der Waals surface area contributed by atoms with Gasteiger partial charge in [0.15, 0.2) is 6.67 Å². The quantitative estimate of drug-likeness (QED) is 0.789. The fourth-order valence-corrected chi connectivity index (χ4v) is 2.23. The van der Waals surface area contributed by atoms with Gasteiger partial charge in [0.25, 0.3) is 0 Å². The summed E-state index contributed by atoms with van der Waals surface area (Å²) in [4.78, 5) is 13.2. The van der Waals surface area contributed by atoms with Gasteiger partial charge in [-0.2, -0.15) is 5.01 Å². The molecule has 0 fully saturated rings. The number of carbonyl (C=O) groups is 1. The molecule has 1 N–H and O–H groups in total. The molecule has 1 heterocycles. The van der Waals surface area contributed by atoms with E-state index in [1.165, 1.54) is 5.69 Å². The molecule has 0 aliphatic carbocycles. The standard InChI is InChI=1S/C14H22N6.C2H4O2/c1-5-20(6-2)13-9-7-12(8-10-13)15-16-14-17-19(4)11-18(14)3;1-2(3)4/h7-10H,5-6,11H2,1-4H3;1H3,(H,3,4). The number of nitrogens with zero attached hydrogens (tertiary/aromatic N) is 5. The highest BCUT2D eigenvalue weighted by atomic mass is 16.4. The Kier molecular flexibility index (Phi) is 7.84. The predicted molar refractivity (Wildman–Crippen MR) is 92.2 cm³/mol. The lowest BCUT2D eigenvalue weighted by Crippen LogP contribution is -3.03. The molecule has 24 heavy (non-hydrogen) atoms. The normalized spacial score (nSPS) is 16.6. The van der Waals surface area contributed by atoms with E-state index in [2.05, 4.69) is 46.2 Å². The van der Waals surface area contributed by atoms with Crippen molar-refractivity contribution in [2.24, 2.45) is 15.3 Å². The maximum Gasteiger partial charge on any atom is 0.301 e. The van der Waals surface area contributed by atoms with Crippen LogP contribution in [0.5, 0.6) is 0 Å². The second-order valence-electron chi connectivity index (χ2n) is 5.38. The number of anilines is 1. The monoisotopic (exact) mass is 334 g/mol. The summed E-state index contributed by atoms with van der Waals surface area (Å²) in [6.45, 7) is 8.13. The van der Waals surface area contributed by atoms with E-state index in [9.17, 15) is 0 Å². The van der Waals surface area contributed by atoms with Gasteiger partial charge in [0.2, 0.25) is 0 Å².